The largest absolute Gasteiger partial charge is 0.386 e. The van der Waals surface area contributed by atoms with E-state index in [-0.39, 0.29) is 11.1 Å². The van der Waals surface area contributed by atoms with Gasteiger partial charge in [-0.3, -0.25) is 0 Å². The molecule has 2 aliphatic rings. The summed E-state index contributed by atoms with van der Waals surface area (Å²) in [5.74, 6) is 1.26. The summed E-state index contributed by atoms with van der Waals surface area (Å²) < 4.78 is 13.8. The fourth-order valence-corrected chi connectivity index (χ4v) is 5.43. The van der Waals surface area contributed by atoms with E-state index in [0.29, 0.717) is 29.5 Å². The highest BCUT2D eigenvalue weighted by molar-refractivity contribution is 6.30. The third kappa shape index (κ3) is 6.79. The number of amidine groups is 1. The predicted molar refractivity (Wildman–Crippen MR) is 152 cm³/mol. The molecule has 0 spiro atoms. The van der Waals surface area contributed by atoms with E-state index in [9.17, 15) is 9.65 Å². The molecule has 0 aromatic heterocycles. The van der Waals surface area contributed by atoms with Gasteiger partial charge in [0.25, 0.3) is 0 Å². The van der Waals surface area contributed by atoms with Crippen LogP contribution in [0.5, 0.6) is 0 Å². The summed E-state index contributed by atoms with van der Waals surface area (Å²) in [5.41, 5.74) is 10.7. The molecule has 0 amide bonds. The number of nitriles is 1. The Kier molecular flexibility index (Phi) is 8.38. The van der Waals surface area contributed by atoms with Crippen LogP contribution in [0.4, 0.5) is 10.1 Å². The van der Waals surface area contributed by atoms with Crippen LogP contribution in [0.1, 0.15) is 42.9 Å². The molecule has 0 radical (unpaired) electrons. The van der Waals surface area contributed by atoms with Gasteiger partial charge >= 0.3 is 0 Å². The summed E-state index contributed by atoms with van der Waals surface area (Å²) in [5, 5.41) is 13.0. The van der Waals surface area contributed by atoms with Gasteiger partial charge in [0.2, 0.25) is 0 Å². The zero-order valence-corrected chi connectivity index (χ0v) is 22.2. The molecule has 38 heavy (non-hydrogen) atoms. The van der Waals surface area contributed by atoms with Crippen LogP contribution < -0.4 is 11.1 Å². The van der Waals surface area contributed by atoms with E-state index >= 15 is 0 Å². The summed E-state index contributed by atoms with van der Waals surface area (Å²) in [6.07, 6.45) is 5.00. The lowest BCUT2D eigenvalue weighted by atomic mass is 9.84. The molecular weight excluding hydrogens is 497 g/mol. The molecule has 1 saturated heterocycles. The van der Waals surface area contributed by atoms with Crippen molar-refractivity contribution in [3.05, 3.63) is 88.7 Å². The summed E-state index contributed by atoms with van der Waals surface area (Å²) in [7, 11) is 0. The minimum absolute atomic E-state index is 0.0662. The number of halogens is 2. The van der Waals surface area contributed by atoms with Gasteiger partial charge in [0, 0.05) is 18.7 Å². The van der Waals surface area contributed by atoms with Gasteiger partial charge in [-0.25, -0.2) is 9.38 Å². The van der Waals surface area contributed by atoms with Crippen molar-refractivity contribution in [1.82, 2.24) is 10.2 Å². The summed E-state index contributed by atoms with van der Waals surface area (Å²) in [6, 6.07) is 23.0. The van der Waals surface area contributed by atoms with Crippen molar-refractivity contribution in [2.45, 2.75) is 31.7 Å². The smallest absolute Gasteiger partial charge is 0.143 e. The minimum atomic E-state index is -0.509. The van der Waals surface area contributed by atoms with Gasteiger partial charge in [-0.2, -0.15) is 5.26 Å². The molecule has 3 aromatic carbocycles. The van der Waals surface area contributed by atoms with Gasteiger partial charge < -0.3 is 16.0 Å². The van der Waals surface area contributed by atoms with E-state index in [1.165, 1.54) is 37.1 Å². The first-order valence-electron chi connectivity index (χ1n) is 13.3. The normalized spacial score (nSPS) is 17.8. The molecular formula is C31H33ClFN5. The fourth-order valence-electron chi connectivity index (χ4n) is 5.32. The first-order chi connectivity index (χ1) is 18.5. The molecule has 3 N–H and O–H groups in total. The maximum Gasteiger partial charge on any atom is 0.143 e. The number of hydrogen-bond acceptors (Lipinski definition) is 4. The quantitative estimate of drug-likeness (QED) is 0.246. The van der Waals surface area contributed by atoms with E-state index in [2.05, 4.69) is 45.5 Å². The first kappa shape index (κ1) is 26.4. The molecule has 5 rings (SSSR count). The minimum Gasteiger partial charge on any atom is -0.386 e. The standard InChI is InChI=1S/C31H33ClFN5/c32-28-11-10-27(17-29(28)33)37-30(35)19-36-31(25-12-14-38(15-13-25)20-21-4-5-21)24-8-6-23(7-9-24)26-3-1-2-22(16-26)18-34/h1-3,6-11,16-17,21,25,31,36H,4-5,12-15,19-20H2,(H2,35,37). The zero-order chi connectivity index (χ0) is 26.5. The number of benzene rings is 3. The van der Waals surface area contributed by atoms with Crippen molar-refractivity contribution in [3.63, 3.8) is 0 Å². The van der Waals surface area contributed by atoms with Crippen molar-refractivity contribution in [3.8, 4) is 17.2 Å². The lowest BCUT2D eigenvalue weighted by Gasteiger charge is -2.37. The van der Waals surface area contributed by atoms with Crippen molar-refractivity contribution in [1.29, 1.82) is 5.26 Å². The van der Waals surface area contributed by atoms with E-state index < -0.39 is 5.82 Å². The zero-order valence-electron chi connectivity index (χ0n) is 21.4. The van der Waals surface area contributed by atoms with Crippen LogP contribution in [-0.4, -0.2) is 36.9 Å². The first-order valence-corrected chi connectivity index (χ1v) is 13.7. The number of nitrogens with zero attached hydrogens (tertiary/aromatic N) is 3. The average Bonchev–Trinajstić information content (AvgIpc) is 3.76. The average molecular weight is 530 g/mol. The van der Waals surface area contributed by atoms with Crippen LogP contribution in [0.3, 0.4) is 0 Å². The number of nitrogens with one attached hydrogen (secondary N) is 1. The second-order valence-electron chi connectivity index (χ2n) is 10.5. The Hall–Kier alpha value is -3.24. The van der Waals surface area contributed by atoms with Crippen LogP contribution in [-0.2, 0) is 0 Å². The second kappa shape index (κ2) is 12.1. The van der Waals surface area contributed by atoms with Crippen molar-refractivity contribution in [2.75, 3.05) is 26.2 Å². The molecule has 1 saturated carbocycles. The molecule has 1 aliphatic carbocycles. The Morgan fingerprint density at radius 3 is 2.50 bits per heavy atom. The molecule has 1 atom stereocenters. The molecule has 3 aromatic rings. The van der Waals surface area contributed by atoms with Crippen molar-refractivity contribution >= 4 is 23.1 Å². The number of rotatable bonds is 9. The van der Waals surface area contributed by atoms with Gasteiger partial charge in [-0.05, 0) is 91.6 Å². The molecule has 196 valence electrons. The van der Waals surface area contributed by atoms with E-state index in [0.717, 1.165) is 43.0 Å². The van der Waals surface area contributed by atoms with Crippen LogP contribution in [0.2, 0.25) is 5.02 Å². The number of hydrogen-bond donors (Lipinski definition) is 2. The molecule has 1 heterocycles. The number of aliphatic imine (C=N–C) groups is 1. The second-order valence-corrected chi connectivity index (χ2v) is 10.9. The van der Waals surface area contributed by atoms with Crippen LogP contribution in [0.15, 0.2) is 71.7 Å². The number of likely N-dealkylation sites (tertiary alicyclic amines) is 1. The third-order valence-electron chi connectivity index (χ3n) is 7.59. The summed E-state index contributed by atoms with van der Waals surface area (Å²) in [4.78, 5) is 7.00. The van der Waals surface area contributed by atoms with Crippen LogP contribution >= 0.6 is 11.6 Å². The SMILES string of the molecule is N#Cc1cccc(-c2ccc(C(NCC(N)=Nc3ccc(Cl)c(F)c3)C3CCN(CC4CC4)CC3)cc2)c1. The topological polar surface area (TPSA) is 77.4 Å². The van der Waals surface area contributed by atoms with Crippen molar-refractivity contribution < 1.29 is 4.39 Å². The van der Waals surface area contributed by atoms with Gasteiger partial charge in [0.15, 0.2) is 0 Å². The maximum absolute atomic E-state index is 13.8. The van der Waals surface area contributed by atoms with Crippen LogP contribution in [0, 0.1) is 29.0 Å². The monoisotopic (exact) mass is 529 g/mol. The molecule has 5 nitrogen and oxygen atoms in total. The highest BCUT2D eigenvalue weighted by Gasteiger charge is 2.30. The Morgan fingerprint density at radius 1 is 1.05 bits per heavy atom. The Bertz CT molecular complexity index is 1320. The number of nitrogens with two attached hydrogens (primary N) is 1. The van der Waals surface area contributed by atoms with E-state index in [1.807, 2.05) is 24.3 Å². The highest BCUT2D eigenvalue weighted by atomic mass is 35.5. The molecule has 0 bridgehead atoms. The highest BCUT2D eigenvalue weighted by Crippen LogP contribution is 2.35. The molecule has 1 unspecified atom stereocenters. The van der Waals surface area contributed by atoms with Gasteiger partial charge in [0.1, 0.15) is 11.7 Å². The van der Waals surface area contributed by atoms with Gasteiger partial charge in [0.05, 0.1) is 28.9 Å². The lowest BCUT2D eigenvalue weighted by molar-refractivity contribution is 0.155. The Labute approximate surface area is 229 Å². The van der Waals surface area contributed by atoms with Crippen molar-refractivity contribution in [2.24, 2.45) is 22.6 Å². The molecule has 7 heteroatoms. The Morgan fingerprint density at radius 2 is 1.82 bits per heavy atom. The predicted octanol–water partition coefficient (Wildman–Crippen LogP) is 6.46. The maximum atomic E-state index is 13.8. The summed E-state index contributed by atoms with van der Waals surface area (Å²) in [6.45, 7) is 3.86. The van der Waals surface area contributed by atoms with E-state index in [1.54, 1.807) is 6.07 Å². The third-order valence-corrected chi connectivity index (χ3v) is 7.90. The molecule has 1 aliphatic heterocycles. The summed E-state index contributed by atoms with van der Waals surface area (Å²) >= 11 is 5.80. The fraction of sp³-hybridized carbons (Fsp3) is 0.355. The van der Waals surface area contributed by atoms with Gasteiger partial charge in [-0.1, -0.05) is 48.0 Å². The van der Waals surface area contributed by atoms with Crippen LogP contribution in [0.25, 0.3) is 11.1 Å². The van der Waals surface area contributed by atoms with E-state index in [4.69, 9.17) is 17.3 Å². The van der Waals surface area contributed by atoms with Gasteiger partial charge in [-0.15, -0.1) is 0 Å². The lowest BCUT2D eigenvalue weighted by Crippen LogP contribution is -2.41. The Balaban J connectivity index is 1.32. The number of piperidine rings is 1. The molecule has 2 fully saturated rings.